The number of fused-ring (bicyclic) bond motifs is 1. The second-order valence-corrected chi connectivity index (χ2v) is 7.73. The van der Waals surface area contributed by atoms with Gasteiger partial charge >= 0.3 is 0 Å². The highest BCUT2D eigenvalue weighted by Gasteiger charge is 2.32. The topological polar surface area (TPSA) is 47.6 Å². The number of hydrogen-bond donors (Lipinski definition) is 1. The first-order chi connectivity index (χ1) is 13.9. The quantitative estimate of drug-likeness (QED) is 0.636. The maximum Gasteiger partial charge on any atom is 0.255 e. The number of amides is 1. The summed E-state index contributed by atoms with van der Waals surface area (Å²) in [6.07, 6.45) is 0.856. The second kappa shape index (κ2) is 7.59. The molecule has 0 spiro atoms. The lowest BCUT2D eigenvalue weighted by Gasteiger charge is -2.18. The van der Waals surface area contributed by atoms with E-state index in [9.17, 15) is 9.18 Å². The molecule has 1 N–H and O–H groups in total. The first-order valence-corrected chi connectivity index (χ1v) is 9.49. The second-order valence-electron chi connectivity index (χ2n) is 7.73. The minimum absolute atomic E-state index is 0.224. The van der Waals surface area contributed by atoms with Gasteiger partial charge in [-0.1, -0.05) is 30.3 Å². The number of rotatable bonds is 5. The van der Waals surface area contributed by atoms with Gasteiger partial charge in [0.2, 0.25) is 0 Å². The van der Waals surface area contributed by atoms with Crippen molar-refractivity contribution in [1.29, 1.82) is 0 Å². The van der Waals surface area contributed by atoms with Crippen molar-refractivity contribution >= 4 is 11.6 Å². The van der Waals surface area contributed by atoms with Crippen molar-refractivity contribution < 1.29 is 18.7 Å². The summed E-state index contributed by atoms with van der Waals surface area (Å²) in [5.41, 5.74) is 2.77. The van der Waals surface area contributed by atoms with Crippen LogP contribution in [-0.4, -0.2) is 11.5 Å². The Morgan fingerprint density at radius 2 is 1.86 bits per heavy atom. The molecule has 1 aliphatic heterocycles. The summed E-state index contributed by atoms with van der Waals surface area (Å²) in [6, 6.07) is 18.9. The van der Waals surface area contributed by atoms with Crippen LogP contribution in [0.2, 0.25) is 0 Å². The molecule has 0 saturated carbocycles. The van der Waals surface area contributed by atoms with Crippen molar-refractivity contribution in [1.82, 2.24) is 0 Å². The monoisotopic (exact) mass is 391 g/mol. The summed E-state index contributed by atoms with van der Waals surface area (Å²) in [5, 5.41) is 2.69. The van der Waals surface area contributed by atoms with Gasteiger partial charge in [0, 0.05) is 23.2 Å². The molecule has 1 heterocycles. The summed E-state index contributed by atoms with van der Waals surface area (Å²) < 4.78 is 25.2. The van der Waals surface area contributed by atoms with Crippen molar-refractivity contribution in [3.63, 3.8) is 0 Å². The molecule has 3 aromatic rings. The Balaban J connectivity index is 1.40. The number of carbonyl (C=O) groups is 1. The number of ether oxygens (including phenoxy) is 2. The third-order valence-electron chi connectivity index (χ3n) is 4.75. The van der Waals surface area contributed by atoms with E-state index in [1.165, 1.54) is 12.1 Å². The number of halogens is 1. The van der Waals surface area contributed by atoms with Gasteiger partial charge in [-0.15, -0.1) is 0 Å². The molecule has 0 bridgehead atoms. The third-order valence-corrected chi connectivity index (χ3v) is 4.75. The lowest BCUT2D eigenvalue weighted by Crippen LogP contribution is -2.24. The van der Waals surface area contributed by atoms with Crippen molar-refractivity contribution in [3.8, 4) is 11.5 Å². The van der Waals surface area contributed by atoms with E-state index in [2.05, 4.69) is 25.2 Å². The molecule has 0 unspecified atom stereocenters. The minimum Gasteiger partial charge on any atom is -0.485 e. The molecule has 3 aromatic carbocycles. The fourth-order valence-corrected chi connectivity index (χ4v) is 3.38. The van der Waals surface area contributed by atoms with E-state index in [4.69, 9.17) is 9.47 Å². The summed E-state index contributed by atoms with van der Waals surface area (Å²) in [6.45, 7) is 4.49. The Labute approximate surface area is 169 Å². The normalized spacial score (nSPS) is 14.0. The van der Waals surface area contributed by atoms with Crippen LogP contribution in [0.25, 0.3) is 0 Å². The van der Waals surface area contributed by atoms with E-state index in [1.807, 2.05) is 24.3 Å². The number of hydrogen-bond acceptors (Lipinski definition) is 3. The van der Waals surface area contributed by atoms with Crippen LogP contribution in [-0.2, 0) is 13.0 Å². The summed E-state index contributed by atoms with van der Waals surface area (Å²) in [4.78, 5) is 12.3. The number of benzene rings is 3. The average Bonchev–Trinajstić information content (AvgIpc) is 3.01. The van der Waals surface area contributed by atoms with Crippen LogP contribution in [0.1, 0.15) is 35.3 Å². The molecular weight excluding hydrogens is 369 g/mol. The molecule has 5 heteroatoms. The fourth-order valence-electron chi connectivity index (χ4n) is 3.38. The van der Waals surface area contributed by atoms with E-state index in [-0.39, 0.29) is 11.5 Å². The molecule has 0 aliphatic carbocycles. The van der Waals surface area contributed by atoms with Crippen LogP contribution in [0.5, 0.6) is 11.5 Å². The first kappa shape index (κ1) is 19.0. The molecule has 4 nitrogen and oxygen atoms in total. The smallest absolute Gasteiger partial charge is 0.255 e. The molecule has 0 saturated heterocycles. The zero-order valence-electron chi connectivity index (χ0n) is 16.4. The van der Waals surface area contributed by atoms with Crippen molar-refractivity contribution in [2.24, 2.45) is 0 Å². The highest BCUT2D eigenvalue weighted by atomic mass is 19.1. The van der Waals surface area contributed by atoms with Gasteiger partial charge < -0.3 is 14.8 Å². The van der Waals surface area contributed by atoms with E-state index < -0.39 is 5.82 Å². The minimum atomic E-state index is -0.393. The van der Waals surface area contributed by atoms with Gasteiger partial charge in [0.05, 0.1) is 0 Å². The fraction of sp³-hybridized carbons (Fsp3) is 0.208. The molecule has 0 atom stereocenters. The van der Waals surface area contributed by atoms with Gasteiger partial charge in [0.25, 0.3) is 5.91 Å². The van der Waals surface area contributed by atoms with Gasteiger partial charge in [-0.25, -0.2) is 4.39 Å². The molecule has 0 radical (unpaired) electrons. The molecule has 0 fully saturated rings. The van der Waals surface area contributed by atoms with Crippen LogP contribution < -0.4 is 14.8 Å². The van der Waals surface area contributed by atoms with Crippen LogP contribution >= 0.6 is 0 Å². The maximum absolute atomic E-state index is 13.2. The number of para-hydroxylation sites is 1. The Morgan fingerprint density at radius 1 is 1.10 bits per heavy atom. The molecular formula is C24H22FNO3. The molecule has 0 aromatic heterocycles. The van der Waals surface area contributed by atoms with E-state index >= 15 is 0 Å². The van der Waals surface area contributed by atoms with Crippen molar-refractivity contribution in [3.05, 3.63) is 89.2 Å². The number of nitrogens with one attached hydrogen (secondary N) is 1. The molecule has 4 rings (SSSR count). The van der Waals surface area contributed by atoms with E-state index in [1.54, 1.807) is 24.3 Å². The van der Waals surface area contributed by atoms with Gasteiger partial charge in [0.1, 0.15) is 18.0 Å². The number of anilines is 1. The van der Waals surface area contributed by atoms with Gasteiger partial charge in [-0.3, -0.25) is 4.79 Å². The molecule has 1 aliphatic rings. The Morgan fingerprint density at radius 3 is 2.62 bits per heavy atom. The predicted octanol–water partition coefficient (Wildman–Crippen LogP) is 5.37. The average molecular weight is 391 g/mol. The number of carbonyl (C=O) groups excluding carboxylic acids is 1. The highest BCUT2D eigenvalue weighted by Crippen LogP contribution is 2.41. The lowest BCUT2D eigenvalue weighted by atomic mass is 10.0. The van der Waals surface area contributed by atoms with Gasteiger partial charge in [-0.2, -0.15) is 0 Å². The van der Waals surface area contributed by atoms with E-state index in [0.29, 0.717) is 17.9 Å². The summed E-state index contributed by atoms with van der Waals surface area (Å²) in [7, 11) is 0. The standard InChI is InChI=1S/C24H22FNO3/c1-24(2)14-18-5-3-8-21(22(18)29-24)28-15-16-9-11-17(12-10-16)23(27)26-20-7-4-6-19(25)13-20/h3-13H,14-15H2,1-2H3,(H,26,27). The third kappa shape index (κ3) is 4.40. The zero-order valence-corrected chi connectivity index (χ0v) is 16.4. The van der Waals surface area contributed by atoms with Crippen LogP contribution in [0.3, 0.4) is 0 Å². The molecule has 148 valence electrons. The Kier molecular flexibility index (Phi) is 4.97. The molecule has 29 heavy (non-hydrogen) atoms. The van der Waals surface area contributed by atoms with Crippen LogP contribution in [0.4, 0.5) is 10.1 Å². The maximum atomic E-state index is 13.2. The predicted molar refractivity (Wildman–Crippen MR) is 110 cm³/mol. The van der Waals surface area contributed by atoms with Crippen molar-refractivity contribution in [2.45, 2.75) is 32.5 Å². The Hall–Kier alpha value is -3.34. The SMILES string of the molecule is CC1(C)Cc2cccc(OCc3ccc(C(=O)Nc4cccc(F)c4)cc3)c2O1. The first-order valence-electron chi connectivity index (χ1n) is 9.49. The van der Waals surface area contributed by atoms with Crippen LogP contribution in [0, 0.1) is 5.82 Å². The van der Waals surface area contributed by atoms with E-state index in [0.717, 1.165) is 29.0 Å². The van der Waals surface area contributed by atoms with Gasteiger partial charge in [0.15, 0.2) is 11.5 Å². The summed E-state index contributed by atoms with van der Waals surface area (Å²) in [5.74, 6) is 0.847. The van der Waals surface area contributed by atoms with Crippen molar-refractivity contribution in [2.75, 3.05) is 5.32 Å². The zero-order chi connectivity index (χ0) is 20.4. The van der Waals surface area contributed by atoms with Gasteiger partial charge in [-0.05, 0) is 55.8 Å². The Bertz CT molecular complexity index is 1040. The highest BCUT2D eigenvalue weighted by molar-refractivity contribution is 6.04. The lowest BCUT2D eigenvalue weighted by molar-refractivity contribution is 0.102. The largest absolute Gasteiger partial charge is 0.485 e. The summed E-state index contributed by atoms with van der Waals surface area (Å²) >= 11 is 0. The van der Waals surface area contributed by atoms with Crippen LogP contribution in [0.15, 0.2) is 66.7 Å². The molecule has 1 amide bonds.